The molecule has 0 saturated carbocycles. The second-order valence-corrected chi connectivity index (χ2v) is 4.89. The summed E-state index contributed by atoms with van der Waals surface area (Å²) in [6.07, 6.45) is 1.97. The fraction of sp³-hybridized carbons (Fsp3) is 0.444. The van der Waals surface area contributed by atoms with Gasteiger partial charge in [-0.15, -0.1) is 11.3 Å². The number of nitriles is 1. The van der Waals surface area contributed by atoms with E-state index in [4.69, 9.17) is 5.26 Å². The molecule has 0 unspecified atom stereocenters. The summed E-state index contributed by atoms with van der Waals surface area (Å²) in [6, 6.07) is 2.23. The van der Waals surface area contributed by atoms with Crippen molar-refractivity contribution in [3.8, 4) is 6.07 Å². The molecule has 64 valence electrons. The lowest BCUT2D eigenvalue weighted by Crippen LogP contribution is -1.86. The van der Waals surface area contributed by atoms with E-state index in [0.717, 1.165) is 22.2 Å². The Balaban J connectivity index is 3.28. The maximum atomic E-state index is 8.87. The number of hydrogen-bond acceptors (Lipinski definition) is 2. The summed E-state index contributed by atoms with van der Waals surface area (Å²) >= 11 is 5.09. The van der Waals surface area contributed by atoms with Gasteiger partial charge in [-0.05, 0) is 34.3 Å². The first-order valence-corrected chi connectivity index (χ1v) is 5.55. The quantitative estimate of drug-likeness (QED) is 0.780. The van der Waals surface area contributed by atoms with Gasteiger partial charge in [0.1, 0.15) is 6.07 Å². The van der Waals surface area contributed by atoms with Crippen LogP contribution >= 0.6 is 27.3 Å². The lowest BCUT2D eigenvalue weighted by molar-refractivity contribution is 1.07. The smallest absolute Gasteiger partial charge is 0.102 e. The molecule has 1 rings (SSSR count). The normalized spacial score (nSPS) is 9.83. The fourth-order valence-corrected chi connectivity index (χ4v) is 3.17. The lowest BCUT2D eigenvalue weighted by atomic mass is 10.1. The van der Waals surface area contributed by atoms with Crippen LogP contribution in [0.5, 0.6) is 0 Å². The molecule has 0 atom stereocenters. The SMILES string of the molecule is CCc1sc(Br)c(C#N)c1CC. The number of halogens is 1. The standard InChI is InChI=1S/C9H10BrNS/c1-3-6-7(5-11)9(10)12-8(6)4-2/h3-4H2,1-2H3. The van der Waals surface area contributed by atoms with Gasteiger partial charge in [0.05, 0.1) is 9.35 Å². The van der Waals surface area contributed by atoms with Crippen LogP contribution in [-0.2, 0) is 12.8 Å². The number of rotatable bonds is 2. The zero-order valence-corrected chi connectivity index (χ0v) is 9.55. The highest BCUT2D eigenvalue weighted by Gasteiger charge is 2.12. The third kappa shape index (κ3) is 1.55. The highest BCUT2D eigenvalue weighted by molar-refractivity contribution is 9.11. The molecule has 12 heavy (non-hydrogen) atoms. The van der Waals surface area contributed by atoms with Gasteiger partial charge in [-0.3, -0.25) is 0 Å². The maximum absolute atomic E-state index is 8.87. The summed E-state index contributed by atoms with van der Waals surface area (Å²) < 4.78 is 0.985. The predicted molar refractivity (Wildman–Crippen MR) is 55.5 cm³/mol. The molecule has 0 spiro atoms. The molecule has 1 heterocycles. The molecule has 1 aromatic heterocycles. The molecule has 0 aliphatic rings. The fourth-order valence-electron chi connectivity index (χ4n) is 1.25. The minimum Gasteiger partial charge on any atom is -0.192 e. The number of nitrogens with zero attached hydrogens (tertiary/aromatic N) is 1. The predicted octanol–water partition coefficient (Wildman–Crippen LogP) is 3.51. The Morgan fingerprint density at radius 2 is 2.08 bits per heavy atom. The van der Waals surface area contributed by atoms with Crippen LogP contribution in [0.2, 0.25) is 0 Å². The van der Waals surface area contributed by atoms with Gasteiger partial charge in [-0.2, -0.15) is 5.26 Å². The zero-order valence-electron chi connectivity index (χ0n) is 7.15. The van der Waals surface area contributed by atoms with E-state index >= 15 is 0 Å². The van der Waals surface area contributed by atoms with Crippen molar-refractivity contribution < 1.29 is 0 Å². The van der Waals surface area contributed by atoms with Crippen LogP contribution in [-0.4, -0.2) is 0 Å². The molecular weight excluding hydrogens is 234 g/mol. The van der Waals surface area contributed by atoms with Crippen molar-refractivity contribution in [1.29, 1.82) is 5.26 Å². The Hall–Kier alpha value is -0.330. The largest absolute Gasteiger partial charge is 0.192 e. The van der Waals surface area contributed by atoms with Crippen LogP contribution in [0, 0.1) is 11.3 Å². The van der Waals surface area contributed by atoms with Crippen LogP contribution in [0.1, 0.15) is 29.9 Å². The number of aryl methyl sites for hydroxylation is 1. The minimum atomic E-state index is 0.833. The minimum absolute atomic E-state index is 0.833. The first-order valence-electron chi connectivity index (χ1n) is 3.94. The van der Waals surface area contributed by atoms with Crippen molar-refractivity contribution in [1.82, 2.24) is 0 Å². The van der Waals surface area contributed by atoms with Gasteiger partial charge in [0.25, 0.3) is 0 Å². The first kappa shape index (κ1) is 9.76. The van der Waals surface area contributed by atoms with E-state index in [1.165, 1.54) is 10.4 Å². The second-order valence-electron chi connectivity index (χ2n) is 2.47. The molecular formula is C9H10BrNS. The van der Waals surface area contributed by atoms with E-state index in [-0.39, 0.29) is 0 Å². The van der Waals surface area contributed by atoms with Crippen LogP contribution in [0.3, 0.4) is 0 Å². The van der Waals surface area contributed by atoms with Crippen molar-refractivity contribution in [3.05, 3.63) is 19.8 Å². The molecule has 0 saturated heterocycles. The summed E-state index contributed by atoms with van der Waals surface area (Å²) in [4.78, 5) is 1.33. The van der Waals surface area contributed by atoms with Crippen LogP contribution < -0.4 is 0 Å². The zero-order chi connectivity index (χ0) is 9.14. The number of hydrogen-bond donors (Lipinski definition) is 0. The summed E-state index contributed by atoms with van der Waals surface area (Å²) in [5.74, 6) is 0. The van der Waals surface area contributed by atoms with Gasteiger partial charge in [-0.25, -0.2) is 0 Å². The Bertz CT molecular complexity index is 322. The van der Waals surface area contributed by atoms with E-state index in [9.17, 15) is 0 Å². The average Bonchev–Trinajstić information content (AvgIpc) is 2.40. The first-order chi connectivity index (χ1) is 5.74. The van der Waals surface area contributed by atoms with Gasteiger partial charge in [0.2, 0.25) is 0 Å². The van der Waals surface area contributed by atoms with Crippen LogP contribution in [0.15, 0.2) is 3.79 Å². The highest BCUT2D eigenvalue weighted by atomic mass is 79.9. The maximum Gasteiger partial charge on any atom is 0.102 e. The second kappa shape index (κ2) is 4.06. The Labute approximate surface area is 85.2 Å². The monoisotopic (exact) mass is 243 g/mol. The van der Waals surface area contributed by atoms with Crippen molar-refractivity contribution >= 4 is 27.3 Å². The van der Waals surface area contributed by atoms with E-state index in [1.54, 1.807) is 11.3 Å². The molecule has 0 amide bonds. The van der Waals surface area contributed by atoms with Crippen LogP contribution in [0.4, 0.5) is 0 Å². The van der Waals surface area contributed by atoms with E-state index in [1.807, 2.05) is 0 Å². The van der Waals surface area contributed by atoms with E-state index in [0.29, 0.717) is 0 Å². The van der Waals surface area contributed by atoms with Gasteiger partial charge in [0, 0.05) is 4.88 Å². The Morgan fingerprint density at radius 1 is 1.42 bits per heavy atom. The number of thiophene rings is 1. The summed E-state index contributed by atoms with van der Waals surface area (Å²) in [5, 5.41) is 8.87. The summed E-state index contributed by atoms with van der Waals surface area (Å²) in [7, 11) is 0. The molecule has 3 heteroatoms. The van der Waals surface area contributed by atoms with Crippen molar-refractivity contribution in [2.45, 2.75) is 26.7 Å². The van der Waals surface area contributed by atoms with Crippen LogP contribution in [0.25, 0.3) is 0 Å². The highest BCUT2D eigenvalue weighted by Crippen LogP contribution is 2.33. The third-order valence-corrected chi connectivity index (χ3v) is 3.88. The summed E-state index contributed by atoms with van der Waals surface area (Å²) in [6.45, 7) is 4.22. The van der Waals surface area contributed by atoms with Gasteiger partial charge < -0.3 is 0 Å². The van der Waals surface area contributed by atoms with Crippen molar-refractivity contribution in [3.63, 3.8) is 0 Å². The molecule has 0 bridgehead atoms. The summed E-state index contributed by atoms with van der Waals surface area (Å²) in [5.41, 5.74) is 2.05. The van der Waals surface area contributed by atoms with Gasteiger partial charge in [0.15, 0.2) is 0 Å². The molecule has 1 aromatic rings. The molecule has 0 aliphatic heterocycles. The average molecular weight is 244 g/mol. The van der Waals surface area contributed by atoms with Crippen molar-refractivity contribution in [2.24, 2.45) is 0 Å². The third-order valence-electron chi connectivity index (χ3n) is 1.83. The van der Waals surface area contributed by atoms with Gasteiger partial charge in [-0.1, -0.05) is 13.8 Å². The van der Waals surface area contributed by atoms with E-state index in [2.05, 4.69) is 35.8 Å². The molecule has 0 fully saturated rings. The topological polar surface area (TPSA) is 23.8 Å². The van der Waals surface area contributed by atoms with Crippen molar-refractivity contribution in [2.75, 3.05) is 0 Å². The molecule has 1 nitrogen and oxygen atoms in total. The Morgan fingerprint density at radius 3 is 2.50 bits per heavy atom. The van der Waals surface area contributed by atoms with E-state index < -0.39 is 0 Å². The molecule has 0 N–H and O–H groups in total. The lowest BCUT2D eigenvalue weighted by Gasteiger charge is -1.95. The molecule has 0 aliphatic carbocycles. The van der Waals surface area contributed by atoms with Gasteiger partial charge >= 0.3 is 0 Å². The molecule has 0 aromatic carbocycles. The molecule has 0 radical (unpaired) electrons. The Kier molecular flexibility index (Phi) is 3.30.